The van der Waals surface area contributed by atoms with Crippen molar-refractivity contribution in [2.24, 2.45) is 5.92 Å². The minimum Gasteiger partial charge on any atom is -0.457 e. The maximum absolute atomic E-state index is 12.1. The van der Waals surface area contributed by atoms with Crippen LogP contribution in [-0.2, 0) is 14.3 Å². The number of rotatable bonds is 15. The van der Waals surface area contributed by atoms with Crippen molar-refractivity contribution in [3.8, 4) is 0 Å². The molecule has 0 aromatic rings. The molecule has 0 saturated carbocycles. The number of aliphatic hydroxyl groups excluding tert-OH is 2. The highest BCUT2D eigenvalue weighted by Crippen LogP contribution is 2.16. The number of ether oxygens (including phenoxy) is 2. The molecular formula is C21H40N2O6. The average Bonchev–Trinajstić information content (AvgIpc) is 3.20. The van der Waals surface area contributed by atoms with E-state index in [4.69, 9.17) is 19.7 Å². The number of unbranched alkanes of at least 4 members (excludes halogenated alkanes) is 1. The molecule has 170 valence electrons. The number of amides is 1. The number of alkyl carbamates (subject to hydrolysis) is 1. The van der Waals surface area contributed by atoms with Crippen molar-refractivity contribution in [3.63, 3.8) is 0 Å². The monoisotopic (exact) mass is 416 g/mol. The Morgan fingerprint density at radius 2 is 1.62 bits per heavy atom. The van der Waals surface area contributed by atoms with Crippen LogP contribution >= 0.6 is 0 Å². The van der Waals surface area contributed by atoms with Gasteiger partial charge in [0.15, 0.2) is 0 Å². The van der Waals surface area contributed by atoms with Crippen LogP contribution in [0.1, 0.15) is 65.2 Å². The van der Waals surface area contributed by atoms with Crippen molar-refractivity contribution in [1.29, 1.82) is 0 Å². The van der Waals surface area contributed by atoms with Crippen LogP contribution in [0.15, 0.2) is 0 Å². The molecule has 1 atom stereocenters. The number of esters is 1. The van der Waals surface area contributed by atoms with Crippen LogP contribution in [-0.4, -0.2) is 78.8 Å². The molecule has 0 radical (unpaired) electrons. The van der Waals surface area contributed by atoms with Gasteiger partial charge in [0.05, 0.1) is 13.2 Å². The van der Waals surface area contributed by atoms with E-state index in [-0.39, 0.29) is 12.5 Å². The molecule has 0 aromatic heterocycles. The molecule has 0 bridgehead atoms. The van der Waals surface area contributed by atoms with Gasteiger partial charge in [-0.2, -0.15) is 0 Å². The third kappa shape index (κ3) is 12.7. The van der Waals surface area contributed by atoms with Crippen LogP contribution in [0, 0.1) is 5.92 Å². The quantitative estimate of drug-likeness (QED) is 0.277. The van der Waals surface area contributed by atoms with E-state index >= 15 is 0 Å². The first-order valence-corrected chi connectivity index (χ1v) is 11.0. The first kappa shape index (κ1) is 25.7. The fourth-order valence-corrected chi connectivity index (χ4v) is 3.36. The standard InChI is InChI=1S/C21H40N2O6/c1-17(2)7-3-4-8-18(9-10-20(26)28-19(15-24)16-25)29-21(27)22-11-14-23-12-5-6-13-23/h17-19,24-25H,3-16H2,1-2H3,(H,22,27). The summed E-state index contributed by atoms with van der Waals surface area (Å²) in [5.74, 6) is 0.121. The molecule has 3 N–H and O–H groups in total. The summed E-state index contributed by atoms with van der Waals surface area (Å²) in [4.78, 5) is 26.4. The smallest absolute Gasteiger partial charge is 0.407 e. The number of carbonyl (C=O) groups is 2. The fourth-order valence-electron chi connectivity index (χ4n) is 3.36. The molecule has 1 heterocycles. The summed E-state index contributed by atoms with van der Waals surface area (Å²) in [5, 5.41) is 20.8. The molecule has 0 aliphatic carbocycles. The molecule has 8 heteroatoms. The van der Waals surface area contributed by atoms with Gasteiger partial charge in [0.25, 0.3) is 0 Å². The van der Waals surface area contributed by atoms with Crippen molar-refractivity contribution in [2.75, 3.05) is 39.4 Å². The van der Waals surface area contributed by atoms with Crippen molar-refractivity contribution in [1.82, 2.24) is 10.2 Å². The van der Waals surface area contributed by atoms with Crippen molar-refractivity contribution < 1.29 is 29.3 Å². The zero-order valence-electron chi connectivity index (χ0n) is 18.1. The van der Waals surface area contributed by atoms with Gasteiger partial charge in [0.2, 0.25) is 0 Å². The summed E-state index contributed by atoms with van der Waals surface area (Å²) >= 11 is 0. The van der Waals surface area contributed by atoms with E-state index in [9.17, 15) is 9.59 Å². The lowest BCUT2D eigenvalue weighted by atomic mass is 10.0. The Morgan fingerprint density at radius 1 is 0.966 bits per heavy atom. The second-order valence-electron chi connectivity index (χ2n) is 8.20. The molecule has 1 fully saturated rings. The normalized spacial score (nSPS) is 15.7. The maximum Gasteiger partial charge on any atom is 0.407 e. The lowest BCUT2D eigenvalue weighted by Gasteiger charge is -2.20. The van der Waals surface area contributed by atoms with Crippen LogP contribution in [0.3, 0.4) is 0 Å². The third-order valence-electron chi connectivity index (χ3n) is 5.10. The summed E-state index contributed by atoms with van der Waals surface area (Å²) in [5.41, 5.74) is 0. The molecule has 1 unspecified atom stereocenters. The van der Waals surface area contributed by atoms with Crippen LogP contribution in [0.2, 0.25) is 0 Å². The number of aliphatic hydroxyl groups is 2. The predicted octanol–water partition coefficient (Wildman–Crippen LogP) is 2.07. The van der Waals surface area contributed by atoms with Gasteiger partial charge >= 0.3 is 12.1 Å². The van der Waals surface area contributed by atoms with Crippen LogP contribution in [0.25, 0.3) is 0 Å². The third-order valence-corrected chi connectivity index (χ3v) is 5.10. The molecule has 1 saturated heterocycles. The van der Waals surface area contributed by atoms with Gasteiger partial charge in [-0.3, -0.25) is 4.79 Å². The van der Waals surface area contributed by atoms with Crippen molar-refractivity contribution in [2.45, 2.75) is 77.4 Å². The summed E-state index contributed by atoms with van der Waals surface area (Å²) in [6.07, 6.45) is 4.95. The molecule has 1 amide bonds. The van der Waals surface area contributed by atoms with Gasteiger partial charge < -0.3 is 29.9 Å². The number of likely N-dealkylation sites (tertiary alicyclic amines) is 1. The Bertz CT molecular complexity index is 450. The first-order chi connectivity index (χ1) is 13.9. The zero-order valence-corrected chi connectivity index (χ0v) is 18.1. The minimum absolute atomic E-state index is 0.0758. The van der Waals surface area contributed by atoms with Crippen LogP contribution < -0.4 is 5.32 Å². The van der Waals surface area contributed by atoms with Crippen molar-refractivity contribution in [3.05, 3.63) is 0 Å². The molecule has 0 spiro atoms. The van der Waals surface area contributed by atoms with Gasteiger partial charge in [-0.05, 0) is 51.1 Å². The van der Waals surface area contributed by atoms with Gasteiger partial charge in [0.1, 0.15) is 12.2 Å². The Labute approximate surface area is 174 Å². The Balaban J connectivity index is 2.37. The van der Waals surface area contributed by atoms with Gasteiger partial charge in [-0.1, -0.05) is 26.7 Å². The molecule has 8 nitrogen and oxygen atoms in total. The molecule has 0 aromatic carbocycles. The number of hydrogen-bond acceptors (Lipinski definition) is 7. The zero-order chi connectivity index (χ0) is 21.5. The van der Waals surface area contributed by atoms with Gasteiger partial charge in [-0.15, -0.1) is 0 Å². The van der Waals surface area contributed by atoms with E-state index in [0.717, 1.165) is 38.9 Å². The molecule has 1 rings (SSSR count). The minimum atomic E-state index is -0.901. The van der Waals surface area contributed by atoms with E-state index in [1.54, 1.807) is 0 Å². The topological polar surface area (TPSA) is 108 Å². The van der Waals surface area contributed by atoms with E-state index in [2.05, 4.69) is 24.1 Å². The summed E-state index contributed by atoms with van der Waals surface area (Å²) in [6, 6.07) is 0. The predicted molar refractivity (Wildman–Crippen MR) is 111 cm³/mol. The number of nitrogens with zero attached hydrogens (tertiary/aromatic N) is 1. The number of carbonyl (C=O) groups excluding carboxylic acids is 2. The Morgan fingerprint density at radius 3 is 2.24 bits per heavy atom. The highest BCUT2D eigenvalue weighted by Gasteiger charge is 2.19. The molecule has 29 heavy (non-hydrogen) atoms. The molecular weight excluding hydrogens is 376 g/mol. The lowest BCUT2D eigenvalue weighted by Crippen LogP contribution is -2.35. The highest BCUT2D eigenvalue weighted by molar-refractivity contribution is 5.70. The van der Waals surface area contributed by atoms with E-state index in [1.165, 1.54) is 12.8 Å². The Kier molecular flexibility index (Phi) is 13.7. The summed E-state index contributed by atoms with van der Waals surface area (Å²) < 4.78 is 10.5. The second kappa shape index (κ2) is 15.5. The van der Waals surface area contributed by atoms with Crippen molar-refractivity contribution >= 4 is 12.1 Å². The molecule has 1 aliphatic heterocycles. The van der Waals surface area contributed by atoms with Gasteiger partial charge in [0, 0.05) is 19.5 Å². The maximum atomic E-state index is 12.1. The van der Waals surface area contributed by atoms with Gasteiger partial charge in [-0.25, -0.2) is 4.79 Å². The second-order valence-corrected chi connectivity index (χ2v) is 8.20. The van der Waals surface area contributed by atoms with Crippen LogP contribution in [0.5, 0.6) is 0 Å². The molecule has 1 aliphatic rings. The van der Waals surface area contributed by atoms with E-state index in [1.807, 2.05) is 0 Å². The summed E-state index contributed by atoms with van der Waals surface area (Å²) in [7, 11) is 0. The summed E-state index contributed by atoms with van der Waals surface area (Å²) in [6.45, 7) is 7.06. The number of nitrogens with one attached hydrogen (secondary N) is 1. The number of hydrogen-bond donors (Lipinski definition) is 3. The average molecular weight is 417 g/mol. The first-order valence-electron chi connectivity index (χ1n) is 11.0. The Hall–Kier alpha value is -1.38. The van der Waals surface area contributed by atoms with Crippen LogP contribution in [0.4, 0.5) is 4.79 Å². The lowest BCUT2D eigenvalue weighted by molar-refractivity contribution is -0.154. The largest absolute Gasteiger partial charge is 0.457 e. The fraction of sp³-hybridized carbons (Fsp3) is 0.905. The highest BCUT2D eigenvalue weighted by atomic mass is 16.6. The van der Waals surface area contributed by atoms with E-state index < -0.39 is 31.4 Å². The van der Waals surface area contributed by atoms with E-state index in [0.29, 0.717) is 25.3 Å². The SMILES string of the molecule is CC(C)CCCCC(CCC(=O)OC(CO)CO)OC(=O)NCCN1CCCC1.